The number of hydrogen-bond donors (Lipinski definition) is 2. The van der Waals surface area contributed by atoms with Crippen LogP contribution >= 0.6 is 23.2 Å². The van der Waals surface area contributed by atoms with Gasteiger partial charge < -0.3 is 5.43 Å². The molecule has 1 aromatic carbocycles. The van der Waals surface area contributed by atoms with Gasteiger partial charge in [0, 0.05) is 5.56 Å². The molecule has 0 atom stereocenters. The van der Waals surface area contributed by atoms with E-state index in [1.165, 1.54) is 6.07 Å². The van der Waals surface area contributed by atoms with Crippen LogP contribution in [0, 0.1) is 0 Å². The molecule has 0 amide bonds. The second kappa shape index (κ2) is 4.09. The number of hydrogen-bond acceptors (Lipinski definition) is 2. The topological polar surface area (TPSA) is 38.0 Å². The molecule has 0 fully saturated rings. The number of benzene rings is 1. The van der Waals surface area contributed by atoms with Crippen molar-refractivity contribution in [3.05, 3.63) is 27.7 Å². The fraction of sp³-hybridized carbons (Fsp3) is 0.143. The molecule has 0 spiro atoms. The molecule has 0 radical (unpaired) electrons. The maximum absolute atomic E-state index is 12.3. The van der Waals surface area contributed by atoms with Crippen LogP contribution in [-0.4, -0.2) is 0 Å². The molecule has 0 aliphatic rings. The van der Waals surface area contributed by atoms with Gasteiger partial charge in [0.2, 0.25) is 0 Å². The molecule has 13 heavy (non-hydrogen) atoms. The molecule has 0 aliphatic carbocycles. The zero-order valence-electron chi connectivity index (χ0n) is 6.32. The second-order valence-corrected chi connectivity index (χ2v) is 3.11. The summed E-state index contributed by atoms with van der Waals surface area (Å²) in [5.74, 6) is 5.05. The SMILES string of the molecule is NNc1cc(C(F)F)c(Cl)cc1Cl. The summed E-state index contributed by atoms with van der Waals surface area (Å²) in [6.07, 6.45) is -2.64. The minimum Gasteiger partial charge on any atom is -0.323 e. The Morgan fingerprint density at radius 1 is 1.23 bits per heavy atom. The minimum absolute atomic E-state index is 0.0704. The van der Waals surface area contributed by atoms with Gasteiger partial charge in [-0.25, -0.2) is 8.78 Å². The van der Waals surface area contributed by atoms with E-state index in [0.717, 1.165) is 6.07 Å². The first-order valence-electron chi connectivity index (χ1n) is 3.30. The normalized spacial score (nSPS) is 10.6. The summed E-state index contributed by atoms with van der Waals surface area (Å²) in [6, 6.07) is 2.34. The van der Waals surface area contributed by atoms with E-state index in [2.05, 4.69) is 5.43 Å². The lowest BCUT2D eigenvalue weighted by Gasteiger charge is -2.08. The highest BCUT2D eigenvalue weighted by Crippen LogP contribution is 2.33. The Balaban J connectivity index is 3.22. The van der Waals surface area contributed by atoms with Crippen LogP contribution in [0.4, 0.5) is 14.5 Å². The van der Waals surface area contributed by atoms with Crippen LogP contribution in [0.15, 0.2) is 12.1 Å². The maximum atomic E-state index is 12.3. The van der Waals surface area contributed by atoms with E-state index in [0.29, 0.717) is 0 Å². The number of anilines is 1. The molecular weight excluding hydrogens is 221 g/mol. The van der Waals surface area contributed by atoms with Crippen LogP contribution in [0.5, 0.6) is 0 Å². The van der Waals surface area contributed by atoms with Gasteiger partial charge in [-0.15, -0.1) is 0 Å². The predicted octanol–water partition coefficient (Wildman–Crippen LogP) is 3.22. The predicted molar refractivity (Wildman–Crippen MR) is 49.2 cm³/mol. The zero-order chi connectivity index (χ0) is 10.0. The molecular formula is C7H6Cl2F2N2. The lowest BCUT2D eigenvalue weighted by Crippen LogP contribution is -2.07. The highest BCUT2D eigenvalue weighted by atomic mass is 35.5. The van der Waals surface area contributed by atoms with E-state index in [1.807, 2.05) is 0 Å². The Morgan fingerprint density at radius 2 is 1.85 bits per heavy atom. The third kappa shape index (κ3) is 2.21. The molecule has 0 aliphatic heterocycles. The molecule has 72 valence electrons. The number of nitrogens with two attached hydrogens (primary N) is 1. The van der Waals surface area contributed by atoms with Crippen molar-refractivity contribution in [2.45, 2.75) is 6.43 Å². The Morgan fingerprint density at radius 3 is 2.31 bits per heavy atom. The Hall–Kier alpha value is -0.580. The number of alkyl halides is 2. The first kappa shape index (κ1) is 10.5. The summed E-state index contributed by atoms with van der Waals surface area (Å²) in [7, 11) is 0. The fourth-order valence-electron chi connectivity index (χ4n) is 0.844. The zero-order valence-corrected chi connectivity index (χ0v) is 7.83. The van der Waals surface area contributed by atoms with Gasteiger partial charge in [0.05, 0.1) is 15.7 Å². The summed E-state index contributed by atoms with van der Waals surface area (Å²) >= 11 is 11.2. The largest absolute Gasteiger partial charge is 0.323 e. The Kier molecular flexibility index (Phi) is 3.30. The number of halogens is 4. The first-order valence-corrected chi connectivity index (χ1v) is 4.05. The summed E-state index contributed by atoms with van der Waals surface area (Å²) < 4.78 is 24.6. The quantitative estimate of drug-likeness (QED) is 0.601. The van der Waals surface area contributed by atoms with Crippen LogP contribution in [0.2, 0.25) is 10.0 Å². The van der Waals surface area contributed by atoms with E-state index in [9.17, 15) is 8.78 Å². The number of nitrogens with one attached hydrogen (secondary N) is 1. The van der Waals surface area contributed by atoms with Gasteiger partial charge in [0.15, 0.2) is 0 Å². The maximum Gasteiger partial charge on any atom is 0.265 e. The van der Waals surface area contributed by atoms with Gasteiger partial charge in [0.1, 0.15) is 0 Å². The van der Waals surface area contributed by atoms with Crippen molar-refractivity contribution in [3.8, 4) is 0 Å². The molecule has 1 aromatic rings. The van der Waals surface area contributed by atoms with Gasteiger partial charge in [-0.3, -0.25) is 5.84 Å². The molecule has 0 unspecified atom stereocenters. The van der Waals surface area contributed by atoms with Gasteiger partial charge >= 0.3 is 0 Å². The van der Waals surface area contributed by atoms with Gasteiger partial charge in [-0.2, -0.15) is 0 Å². The van der Waals surface area contributed by atoms with E-state index in [4.69, 9.17) is 29.0 Å². The lowest BCUT2D eigenvalue weighted by molar-refractivity contribution is 0.151. The lowest BCUT2D eigenvalue weighted by atomic mass is 10.2. The van der Waals surface area contributed by atoms with Gasteiger partial charge in [-0.05, 0) is 12.1 Å². The number of nitrogen functional groups attached to an aromatic ring is 1. The van der Waals surface area contributed by atoms with Crippen molar-refractivity contribution in [1.29, 1.82) is 0 Å². The van der Waals surface area contributed by atoms with E-state index in [1.54, 1.807) is 0 Å². The Labute approximate surface area is 83.6 Å². The summed E-state index contributed by atoms with van der Waals surface area (Å²) in [6.45, 7) is 0. The monoisotopic (exact) mass is 226 g/mol. The van der Waals surface area contributed by atoms with Crippen LogP contribution in [0.3, 0.4) is 0 Å². The van der Waals surface area contributed by atoms with Gasteiger partial charge in [-0.1, -0.05) is 23.2 Å². The van der Waals surface area contributed by atoms with Crippen molar-refractivity contribution < 1.29 is 8.78 Å². The summed E-state index contributed by atoms with van der Waals surface area (Å²) in [5, 5.41) is 0.135. The molecule has 0 bridgehead atoms. The van der Waals surface area contributed by atoms with E-state index < -0.39 is 6.43 Å². The molecule has 1 rings (SSSR count). The highest BCUT2D eigenvalue weighted by molar-refractivity contribution is 6.36. The molecule has 0 saturated heterocycles. The van der Waals surface area contributed by atoms with Crippen molar-refractivity contribution in [1.82, 2.24) is 0 Å². The number of hydrazine groups is 1. The first-order chi connectivity index (χ1) is 6.06. The van der Waals surface area contributed by atoms with Crippen LogP contribution in [0.25, 0.3) is 0 Å². The van der Waals surface area contributed by atoms with E-state index >= 15 is 0 Å². The van der Waals surface area contributed by atoms with Crippen LogP contribution < -0.4 is 11.3 Å². The van der Waals surface area contributed by atoms with Crippen LogP contribution in [-0.2, 0) is 0 Å². The molecule has 2 nitrogen and oxygen atoms in total. The van der Waals surface area contributed by atoms with Crippen molar-refractivity contribution in [2.75, 3.05) is 5.43 Å². The average molecular weight is 227 g/mol. The van der Waals surface area contributed by atoms with Crippen LogP contribution in [0.1, 0.15) is 12.0 Å². The smallest absolute Gasteiger partial charge is 0.265 e. The van der Waals surface area contributed by atoms with Crippen molar-refractivity contribution in [2.24, 2.45) is 5.84 Å². The van der Waals surface area contributed by atoms with Gasteiger partial charge in [0.25, 0.3) is 6.43 Å². The fourth-order valence-corrected chi connectivity index (χ4v) is 1.36. The average Bonchev–Trinajstić information content (AvgIpc) is 2.03. The van der Waals surface area contributed by atoms with Crippen molar-refractivity contribution in [3.63, 3.8) is 0 Å². The van der Waals surface area contributed by atoms with E-state index in [-0.39, 0.29) is 21.3 Å². The molecule has 3 N–H and O–H groups in total. The molecule has 6 heteroatoms. The van der Waals surface area contributed by atoms with Crippen molar-refractivity contribution >= 4 is 28.9 Å². The second-order valence-electron chi connectivity index (χ2n) is 2.30. The third-order valence-electron chi connectivity index (χ3n) is 1.48. The summed E-state index contributed by atoms with van der Waals surface area (Å²) in [5.41, 5.74) is 2.12. The third-order valence-corrected chi connectivity index (χ3v) is 2.12. The highest BCUT2D eigenvalue weighted by Gasteiger charge is 2.14. The minimum atomic E-state index is -2.64. The molecule has 0 aromatic heterocycles. The Bertz CT molecular complexity index is 318. The summed E-state index contributed by atoms with van der Waals surface area (Å²) in [4.78, 5) is 0. The standard InChI is InChI=1S/C7H6Cl2F2N2/c8-4-2-5(9)6(13-12)1-3(4)7(10)11/h1-2,7,13H,12H2. The molecule has 0 saturated carbocycles. The molecule has 0 heterocycles. The number of rotatable bonds is 2.